The third-order valence-electron chi connectivity index (χ3n) is 8.22. The molecule has 0 spiro atoms. The number of allylic oxidation sites excluding steroid dienone is 2. The molecule has 1 aromatic carbocycles. The van der Waals surface area contributed by atoms with Gasteiger partial charge >= 0.3 is 0 Å². The largest absolute Gasteiger partial charge is 0.493 e. The molecule has 0 radical (unpaired) electrons. The van der Waals surface area contributed by atoms with Gasteiger partial charge in [-0.05, 0) is 108 Å². The van der Waals surface area contributed by atoms with Gasteiger partial charge in [0.25, 0.3) is 0 Å². The second kappa shape index (κ2) is 12.3. The minimum Gasteiger partial charge on any atom is -0.493 e. The third-order valence-corrected chi connectivity index (χ3v) is 8.22. The Balaban J connectivity index is 1.42. The third kappa shape index (κ3) is 5.97. The molecule has 196 valence electrons. The first-order valence-corrected chi connectivity index (χ1v) is 14.2. The number of likely N-dealkylation sites (tertiary alicyclic amines) is 1. The number of benzene rings is 1. The van der Waals surface area contributed by atoms with Crippen LogP contribution in [-0.4, -0.2) is 69.9 Å². The first-order chi connectivity index (χ1) is 17.7. The van der Waals surface area contributed by atoms with Crippen LogP contribution in [0.3, 0.4) is 0 Å². The Hall–Kier alpha value is -2.31. The lowest BCUT2D eigenvalue weighted by molar-refractivity contribution is 0.254. The SMILES string of the molecule is CNCC1CCN(c2cc(C3=CCCCC3)nc3cc(OCCCN4CCCC4)c(OC)cc23)CC1. The van der Waals surface area contributed by atoms with E-state index in [1.807, 2.05) is 0 Å². The fourth-order valence-corrected chi connectivity index (χ4v) is 6.13. The van der Waals surface area contributed by atoms with Crippen LogP contribution in [0, 0.1) is 5.92 Å². The minimum absolute atomic E-state index is 0.703. The van der Waals surface area contributed by atoms with Gasteiger partial charge in [-0.3, -0.25) is 0 Å². The summed E-state index contributed by atoms with van der Waals surface area (Å²) in [5.41, 5.74) is 4.85. The Morgan fingerprint density at radius 3 is 2.56 bits per heavy atom. The van der Waals surface area contributed by atoms with E-state index in [-0.39, 0.29) is 0 Å². The quantitative estimate of drug-likeness (QED) is 0.442. The number of fused-ring (bicyclic) bond motifs is 1. The number of aromatic nitrogens is 1. The van der Waals surface area contributed by atoms with Gasteiger partial charge in [-0.2, -0.15) is 0 Å². The molecule has 0 saturated carbocycles. The first kappa shape index (κ1) is 25.3. The van der Waals surface area contributed by atoms with E-state index in [0.29, 0.717) is 6.61 Å². The highest BCUT2D eigenvalue weighted by Gasteiger charge is 2.23. The zero-order chi connectivity index (χ0) is 24.7. The summed E-state index contributed by atoms with van der Waals surface area (Å²) < 4.78 is 12.1. The van der Waals surface area contributed by atoms with Crippen LogP contribution in [0.4, 0.5) is 5.69 Å². The van der Waals surface area contributed by atoms with Crippen molar-refractivity contribution in [1.82, 2.24) is 15.2 Å². The fourth-order valence-electron chi connectivity index (χ4n) is 6.13. The van der Waals surface area contributed by atoms with Gasteiger partial charge in [0, 0.05) is 36.8 Å². The molecule has 0 unspecified atom stereocenters. The molecule has 1 aliphatic carbocycles. The highest BCUT2D eigenvalue weighted by atomic mass is 16.5. The molecule has 6 heteroatoms. The number of ether oxygens (including phenoxy) is 2. The van der Waals surface area contributed by atoms with E-state index in [2.05, 4.69) is 46.4 Å². The van der Waals surface area contributed by atoms with Crippen molar-refractivity contribution in [3.8, 4) is 11.5 Å². The van der Waals surface area contributed by atoms with Crippen molar-refractivity contribution in [2.75, 3.05) is 64.9 Å². The van der Waals surface area contributed by atoms with Crippen molar-refractivity contribution < 1.29 is 9.47 Å². The number of nitrogens with zero attached hydrogens (tertiary/aromatic N) is 3. The van der Waals surface area contributed by atoms with Crippen LogP contribution in [0.25, 0.3) is 16.5 Å². The molecule has 5 rings (SSSR count). The maximum Gasteiger partial charge on any atom is 0.163 e. The predicted molar refractivity (Wildman–Crippen MR) is 149 cm³/mol. The molecule has 6 nitrogen and oxygen atoms in total. The monoisotopic (exact) mass is 492 g/mol. The second-order valence-corrected chi connectivity index (χ2v) is 10.8. The lowest BCUT2D eigenvalue weighted by Gasteiger charge is -2.34. The van der Waals surface area contributed by atoms with Crippen LogP contribution in [0.2, 0.25) is 0 Å². The Labute approximate surface area is 217 Å². The molecule has 1 aromatic heterocycles. The van der Waals surface area contributed by atoms with Crippen LogP contribution in [0.5, 0.6) is 11.5 Å². The van der Waals surface area contributed by atoms with Crippen LogP contribution in [-0.2, 0) is 0 Å². The highest BCUT2D eigenvalue weighted by Crippen LogP contribution is 2.39. The smallest absolute Gasteiger partial charge is 0.163 e. The molecule has 2 fully saturated rings. The Kier molecular flexibility index (Phi) is 8.65. The van der Waals surface area contributed by atoms with Crippen molar-refractivity contribution in [3.05, 3.63) is 30.0 Å². The molecule has 0 amide bonds. The number of hydrogen-bond donors (Lipinski definition) is 1. The van der Waals surface area contributed by atoms with Gasteiger partial charge in [0.2, 0.25) is 0 Å². The normalized spacial score (nSPS) is 19.6. The molecule has 2 saturated heterocycles. The molecule has 3 aliphatic rings. The van der Waals surface area contributed by atoms with Crippen molar-refractivity contribution >= 4 is 22.2 Å². The van der Waals surface area contributed by atoms with Gasteiger partial charge in [0.05, 0.1) is 24.9 Å². The lowest BCUT2D eigenvalue weighted by Crippen LogP contribution is -2.36. The number of methoxy groups -OCH3 is 1. The van der Waals surface area contributed by atoms with Crippen LogP contribution in [0.15, 0.2) is 24.3 Å². The van der Waals surface area contributed by atoms with Crippen molar-refractivity contribution in [3.63, 3.8) is 0 Å². The molecule has 0 atom stereocenters. The van der Waals surface area contributed by atoms with E-state index in [4.69, 9.17) is 14.5 Å². The minimum atomic E-state index is 0.703. The van der Waals surface area contributed by atoms with Gasteiger partial charge in [-0.15, -0.1) is 0 Å². The summed E-state index contributed by atoms with van der Waals surface area (Å²) in [7, 11) is 3.81. The number of rotatable bonds is 10. The van der Waals surface area contributed by atoms with Gasteiger partial charge in [-0.1, -0.05) is 6.08 Å². The topological polar surface area (TPSA) is 49.9 Å². The van der Waals surface area contributed by atoms with Gasteiger partial charge < -0.3 is 24.6 Å². The predicted octanol–water partition coefficient (Wildman–Crippen LogP) is 5.50. The number of anilines is 1. The van der Waals surface area contributed by atoms with Gasteiger partial charge in [0.1, 0.15) is 0 Å². The summed E-state index contributed by atoms with van der Waals surface area (Å²) in [6.07, 6.45) is 13.4. The maximum absolute atomic E-state index is 6.28. The fraction of sp³-hybridized carbons (Fsp3) is 0.633. The Morgan fingerprint density at radius 1 is 1.00 bits per heavy atom. The van der Waals surface area contributed by atoms with Crippen molar-refractivity contribution in [1.29, 1.82) is 0 Å². The van der Waals surface area contributed by atoms with E-state index in [0.717, 1.165) is 74.1 Å². The van der Waals surface area contributed by atoms with Crippen LogP contribution in [0.1, 0.15) is 63.5 Å². The molecule has 3 heterocycles. The zero-order valence-corrected chi connectivity index (χ0v) is 22.4. The average molecular weight is 493 g/mol. The van der Waals surface area contributed by atoms with Crippen LogP contribution < -0.4 is 19.7 Å². The van der Waals surface area contributed by atoms with Gasteiger partial charge in [0.15, 0.2) is 11.5 Å². The Morgan fingerprint density at radius 2 is 1.83 bits per heavy atom. The van der Waals surface area contributed by atoms with Gasteiger partial charge in [-0.25, -0.2) is 4.98 Å². The molecule has 0 bridgehead atoms. The zero-order valence-electron chi connectivity index (χ0n) is 22.4. The van der Waals surface area contributed by atoms with Crippen molar-refractivity contribution in [2.24, 2.45) is 5.92 Å². The summed E-state index contributed by atoms with van der Waals surface area (Å²) in [4.78, 5) is 10.3. The van der Waals surface area contributed by atoms with Crippen molar-refractivity contribution in [2.45, 2.75) is 57.8 Å². The highest BCUT2D eigenvalue weighted by molar-refractivity contribution is 5.96. The molecule has 2 aliphatic heterocycles. The standard InChI is InChI=1S/C30H44N4O2/c1-31-22-23-11-16-34(17-12-23)28-20-26(24-9-4-3-5-10-24)32-27-21-30(29(35-2)19-25(27)28)36-18-8-15-33-13-6-7-14-33/h9,19-21,23,31H,3-8,10-18,22H2,1-2H3. The summed E-state index contributed by atoms with van der Waals surface area (Å²) in [5.74, 6) is 2.38. The van der Waals surface area contributed by atoms with E-state index in [1.165, 1.54) is 68.3 Å². The second-order valence-electron chi connectivity index (χ2n) is 10.8. The summed E-state index contributed by atoms with van der Waals surface area (Å²) in [6, 6.07) is 6.62. The molecule has 2 aromatic rings. The molecular weight excluding hydrogens is 448 g/mol. The van der Waals surface area contributed by atoms with E-state index in [9.17, 15) is 0 Å². The van der Waals surface area contributed by atoms with E-state index >= 15 is 0 Å². The van der Waals surface area contributed by atoms with E-state index in [1.54, 1.807) is 7.11 Å². The van der Waals surface area contributed by atoms with Crippen LogP contribution >= 0.6 is 0 Å². The summed E-state index contributed by atoms with van der Waals surface area (Å²) in [6.45, 7) is 7.56. The first-order valence-electron chi connectivity index (χ1n) is 14.2. The lowest BCUT2D eigenvalue weighted by atomic mass is 9.94. The molecule has 36 heavy (non-hydrogen) atoms. The summed E-state index contributed by atoms with van der Waals surface area (Å²) in [5, 5.41) is 4.53. The molecule has 1 N–H and O–H groups in total. The Bertz CT molecular complexity index is 1040. The summed E-state index contributed by atoms with van der Waals surface area (Å²) >= 11 is 0. The number of piperidine rings is 1. The number of nitrogens with one attached hydrogen (secondary N) is 1. The maximum atomic E-state index is 6.28. The number of hydrogen-bond acceptors (Lipinski definition) is 6. The molecular formula is C30H44N4O2. The average Bonchev–Trinajstić information content (AvgIpc) is 3.45. The van der Waals surface area contributed by atoms with E-state index < -0.39 is 0 Å². The number of pyridine rings is 1.